The molecular weight excluding hydrogens is 250 g/mol. The van der Waals surface area contributed by atoms with Crippen molar-refractivity contribution < 1.29 is 4.79 Å². The molecule has 1 aromatic heterocycles. The van der Waals surface area contributed by atoms with E-state index in [2.05, 4.69) is 20.6 Å². The van der Waals surface area contributed by atoms with Crippen molar-refractivity contribution >= 4 is 38.7 Å². The molecular formula is C11H13N5OS. The molecule has 0 bridgehead atoms. The number of nitrogens with two attached hydrogens (primary N) is 1. The maximum absolute atomic E-state index is 11.2. The normalized spacial score (nSPS) is 11.5. The molecule has 0 fully saturated rings. The number of aromatic nitrogens is 1. The van der Waals surface area contributed by atoms with Gasteiger partial charge in [0.15, 0.2) is 5.13 Å². The first-order valence-corrected chi connectivity index (χ1v) is 6.25. The minimum absolute atomic E-state index is 0.0278. The van der Waals surface area contributed by atoms with E-state index in [4.69, 9.17) is 5.73 Å². The number of rotatable bonds is 2. The van der Waals surface area contributed by atoms with Gasteiger partial charge in [0.1, 0.15) is 0 Å². The smallest absolute Gasteiger partial charge is 0.344 e. The van der Waals surface area contributed by atoms with Crippen LogP contribution in [0.1, 0.15) is 6.92 Å². The van der Waals surface area contributed by atoms with Crippen LogP contribution in [0.2, 0.25) is 0 Å². The van der Waals surface area contributed by atoms with Crippen molar-refractivity contribution in [3.8, 4) is 0 Å². The number of guanidine groups is 1. The highest BCUT2D eigenvalue weighted by Gasteiger charge is 2.04. The molecule has 7 heteroatoms. The molecule has 0 aliphatic rings. The maximum atomic E-state index is 11.2. The number of thiazole rings is 1. The van der Waals surface area contributed by atoms with Crippen LogP contribution in [0.5, 0.6) is 0 Å². The first-order chi connectivity index (χ1) is 8.69. The van der Waals surface area contributed by atoms with E-state index in [1.807, 2.05) is 31.2 Å². The van der Waals surface area contributed by atoms with E-state index in [1.54, 1.807) is 0 Å². The van der Waals surface area contributed by atoms with Gasteiger partial charge in [0.2, 0.25) is 5.96 Å². The monoisotopic (exact) mass is 263 g/mol. The van der Waals surface area contributed by atoms with Crippen molar-refractivity contribution in [3.05, 3.63) is 24.3 Å². The number of carbonyl (C=O) groups excluding carboxylic acids is 1. The van der Waals surface area contributed by atoms with Gasteiger partial charge in [-0.3, -0.25) is 0 Å². The van der Waals surface area contributed by atoms with Gasteiger partial charge in [0, 0.05) is 6.54 Å². The van der Waals surface area contributed by atoms with Crippen molar-refractivity contribution in [3.63, 3.8) is 0 Å². The second-order valence-electron chi connectivity index (χ2n) is 3.44. The topological polar surface area (TPSA) is 92.4 Å². The van der Waals surface area contributed by atoms with Crippen LogP contribution in [0.4, 0.5) is 9.93 Å². The predicted octanol–water partition coefficient (Wildman–Crippen LogP) is 1.75. The van der Waals surface area contributed by atoms with Gasteiger partial charge in [-0.05, 0) is 19.1 Å². The predicted molar refractivity (Wildman–Crippen MR) is 73.9 cm³/mol. The Labute approximate surface area is 108 Å². The molecule has 0 unspecified atom stereocenters. The van der Waals surface area contributed by atoms with Gasteiger partial charge in [-0.25, -0.2) is 9.78 Å². The summed E-state index contributed by atoms with van der Waals surface area (Å²) in [5, 5.41) is 5.93. The number of hydrogen-bond acceptors (Lipinski definition) is 3. The Kier molecular flexibility index (Phi) is 3.73. The average Bonchev–Trinajstić information content (AvgIpc) is 2.70. The molecule has 0 aliphatic heterocycles. The summed E-state index contributed by atoms with van der Waals surface area (Å²) in [5.41, 5.74) is 6.49. The second kappa shape index (κ2) is 5.46. The van der Waals surface area contributed by atoms with Crippen LogP contribution < -0.4 is 16.4 Å². The molecule has 0 saturated carbocycles. The second-order valence-corrected chi connectivity index (χ2v) is 4.47. The largest absolute Gasteiger partial charge is 0.369 e. The van der Waals surface area contributed by atoms with Crippen LogP contribution in [0.15, 0.2) is 29.3 Å². The first kappa shape index (κ1) is 12.3. The van der Waals surface area contributed by atoms with E-state index < -0.39 is 6.03 Å². The minimum Gasteiger partial charge on any atom is -0.369 e. The molecule has 0 aliphatic carbocycles. The number of carbonyl (C=O) groups is 1. The van der Waals surface area contributed by atoms with Crippen LogP contribution in [-0.4, -0.2) is 23.5 Å². The van der Waals surface area contributed by atoms with Crippen molar-refractivity contribution in [1.82, 2.24) is 10.3 Å². The van der Waals surface area contributed by atoms with Gasteiger partial charge in [-0.2, -0.15) is 4.99 Å². The van der Waals surface area contributed by atoms with Crippen molar-refractivity contribution in [2.24, 2.45) is 10.7 Å². The summed E-state index contributed by atoms with van der Waals surface area (Å²) >= 11 is 1.45. The highest BCUT2D eigenvalue weighted by atomic mass is 32.1. The number of fused-ring (bicyclic) bond motifs is 1. The summed E-state index contributed by atoms with van der Waals surface area (Å²) in [7, 11) is 0. The summed E-state index contributed by atoms with van der Waals surface area (Å²) in [5.74, 6) is 0.0278. The van der Waals surface area contributed by atoms with Gasteiger partial charge in [0.05, 0.1) is 10.2 Å². The van der Waals surface area contributed by atoms with Crippen LogP contribution in [0.25, 0.3) is 10.2 Å². The average molecular weight is 263 g/mol. The minimum atomic E-state index is -0.469. The zero-order valence-electron chi connectivity index (χ0n) is 9.80. The number of nitrogens with one attached hydrogen (secondary N) is 2. The third-order valence-corrected chi connectivity index (χ3v) is 3.03. The first-order valence-electron chi connectivity index (χ1n) is 5.43. The molecule has 94 valence electrons. The van der Waals surface area contributed by atoms with Gasteiger partial charge in [-0.15, -0.1) is 0 Å². The van der Waals surface area contributed by atoms with Crippen LogP contribution in [0.3, 0.4) is 0 Å². The Morgan fingerprint density at radius 1 is 1.50 bits per heavy atom. The Balaban J connectivity index is 2.11. The van der Waals surface area contributed by atoms with Gasteiger partial charge < -0.3 is 16.4 Å². The van der Waals surface area contributed by atoms with Crippen LogP contribution in [-0.2, 0) is 0 Å². The fraction of sp³-hybridized carbons (Fsp3) is 0.182. The number of amides is 2. The fourth-order valence-corrected chi connectivity index (χ4v) is 2.24. The Bertz CT molecular complexity index is 559. The Hall–Kier alpha value is -2.15. The summed E-state index contributed by atoms with van der Waals surface area (Å²) in [4.78, 5) is 19.1. The van der Waals surface area contributed by atoms with Gasteiger partial charge in [0.25, 0.3) is 0 Å². The summed E-state index contributed by atoms with van der Waals surface area (Å²) in [6.45, 7) is 2.32. The lowest BCUT2D eigenvalue weighted by Crippen LogP contribution is -2.28. The lowest BCUT2D eigenvalue weighted by atomic mass is 10.3. The van der Waals surface area contributed by atoms with E-state index in [0.29, 0.717) is 11.7 Å². The van der Waals surface area contributed by atoms with E-state index in [1.165, 1.54) is 11.3 Å². The standard InChI is InChI=1S/C11H13N5OS/c1-2-13-10(17)15-9(12)16-11-14-7-5-3-4-6-8(7)18-11/h3-6H,2H2,1H3,(H4,12,13,14,15,16,17). The van der Waals surface area contributed by atoms with Crippen molar-refractivity contribution in [1.29, 1.82) is 0 Å². The molecule has 4 N–H and O–H groups in total. The lowest BCUT2D eigenvalue weighted by Gasteiger charge is -2.00. The summed E-state index contributed by atoms with van der Waals surface area (Å²) in [6.07, 6.45) is 0. The highest BCUT2D eigenvalue weighted by Crippen LogP contribution is 2.24. The number of anilines is 1. The molecule has 0 saturated heterocycles. The number of nitrogens with zero attached hydrogens (tertiary/aromatic N) is 2. The zero-order valence-corrected chi connectivity index (χ0v) is 10.6. The van der Waals surface area contributed by atoms with Crippen LogP contribution in [0, 0.1) is 0 Å². The molecule has 1 aromatic carbocycles. The van der Waals surface area contributed by atoms with E-state index in [9.17, 15) is 4.79 Å². The maximum Gasteiger partial charge on any atom is 0.344 e. The number of urea groups is 1. The molecule has 1 heterocycles. The third kappa shape index (κ3) is 2.95. The van der Waals surface area contributed by atoms with Gasteiger partial charge in [-0.1, -0.05) is 23.5 Å². The molecule has 2 amide bonds. The van der Waals surface area contributed by atoms with Gasteiger partial charge >= 0.3 is 6.03 Å². The van der Waals surface area contributed by atoms with Crippen LogP contribution >= 0.6 is 11.3 Å². The molecule has 2 aromatic rings. The lowest BCUT2D eigenvalue weighted by molar-refractivity contribution is 0.250. The number of benzene rings is 1. The molecule has 18 heavy (non-hydrogen) atoms. The molecule has 2 rings (SSSR count). The SMILES string of the molecule is CCNC(=O)/N=C(/N)Nc1nc2ccccc2s1. The van der Waals surface area contributed by atoms with E-state index in [0.717, 1.165) is 10.2 Å². The Morgan fingerprint density at radius 3 is 3.00 bits per heavy atom. The van der Waals surface area contributed by atoms with Crippen molar-refractivity contribution in [2.45, 2.75) is 6.92 Å². The van der Waals surface area contributed by atoms with Crippen molar-refractivity contribution in [2.75, 3.05) is 11.9 Å². The number of para-hydroxylation sites is 1. The fourth-order valence-electron chi connectivity index (χ4n) is 1.36. The molecule has 0 atom stereocenters. The molecule has 6 nitrogen and oxygen atoms in total. The molecule has 0 radical (unpaired) electrons. The zero-order chi connectivity index (χ0) is 13.0. The highest BCUT2D eigenvalue weighted by molar-refractivity contribution is 7.22. The summed E-state index contributed by atoms with van der Waals surface area (Å²) < 4.78 is 1.05. The van der Waals surface area contributed by atoms with E-state index in [-0.39, 0.29) is 5.96 Å². The number of aliphatic imine (C=N–C) groups is 1. The number of hydrogen-bond donors (Lipinski definition) is 3. The quantitative estimate of drug-likeness (QED) is 0.568. The Morgan fingerprint density at radius 2 is 2.28 bits per heavy atom. The van der Waals surface area contributed by atoms with E-state index >= 15 is 0 Å². The summed E-state index contributed by atoms with van der Waals surface area (Å²) in [6, 6.07) is 7.27. The molecule has 0 spiro atoms. The third-order valence-electron chi connectivity index (χ3n) is 2.08.